The van der Waals surface area contributed by atoms with Gasteiger partial charge in [0.05, 0.1) is 9.50 Å². The molecular weight excluding hydrogens is 340 g/mol. The van der Waals surface area contributed by atoms with E-state index in [-0.39, 0.29) is 5.92 Å². The summed E-state index contributed by atoms with van der Waals surface area (Å²) in [5.74, 6) is -0.0538. The van der Waals surface area contributed by atoms with E-state index in [9.17, 15) is 8.42 Å². The molecule has 2 rings (SSSR count). The van der Waals surface area contributed by atoms with Gasteiger partial charge in [0.2, 0.25) is 0 Å². The molecule has 0 amide bonds. The Morgan fingerprint density at radius 2 is 2.28 bits per heavy atom. The summed E-state index contributed by atoms with van der Waals surface area (Å²) in [7, 11) is -3.42. The zero-order valence-electron chi connectivity index (χ0n) is 9.71. The monoisotopic (exact) mass is 352 g/mol. The lowest BCUT2D eigenvalue weighted by Gasteiger charge is -2.30. The summed E-state index contributed by atoms with van der Waals surface area (Å²) >= 11 is 4.47. The van der Waals surface area contributed by atoms with E-state index in [1.165, 1.54) is 15.6 Å². The number of sulfonamides is 1. The average molecular weight is 353 g/mol. The zero-order valence-corrected chi connectivity index (χ0v) is 12.9. The van der Waals surface area contributed by atoms with Crippen molar-refractivity contribution < 1.29 is 13.6 Å². The van der Waals surface area contributed by atoms with Gasteiger partial charge in [0.15, 0.2) is 0 Å². The van der Waals surface area contributed by atoms with Crippen molar-refractivity contribution in [2.24, 2.45) is 11.1 Å². The summed E-state index contributed by atoms with van der Waals surface area (Å²) in [6.07, 6.45) is 0.476. The number of oxime groups is 1. The van der Waals surface area contributed by atoms with Crippen LogP contribution in [0.15, 0.2) is 25.3 Å². The lowest BCUT2D eigenvalue weighted by molar-refractivity contribution is 0.300. The van der Waals surface area contributed by atoms with Crippen LogP contribution >= 0.6 is 27.3 Å². The minimum Gasteiger partial charge on any atom is -0.411 e. The fourth-order valence-electron chi connectivity index (χ4n) is 1.92. The molecule has 1 saturated heterocycles. The van der Waals surface area contributed by atoms with Crippen molar-refractivity contribution in [1.82, 2.24) is 4.31 Å². The molecule has 1 aliphatic rings. The van der Waals surface area contributed by atoms with E-state index in [0.29, 0.717) is 29.4 Å². The van der Waals surface area contributed by atoms with Gasteiger partial charge in [0, 0.05) is 25.4 Å². The smallest absolute Gasteiger partial charge is 0.252 e. The Hall–Kier alpha value is -0.440. The van der Waals surface area contributed by atoms with Gasteiger partial charge in [-0.05, 0) is 28.1 Å². The van der Waals surface area contributed by atoms with Crippen LogP contribution in [0.5, 0.6) is 0 Å². The van der Waals surface area contributed by atoms with Gasteiger partial charge in [-0.3, -0.25) is 0 Å². The van der Waals surface area contributed by atoms with Crippen LogP contribution in [0.4, 0.5) is 0 Å². The second-order valence-electron chi connectivity index (χ2n) is 4.16. The minimum atomic E-state index is -3.42. The van der Waals surface area contributed by atoms with E-state index < -0.39 is 10.0 Å². The number of hydrogen-bond acceptors (Lipinski definition) is 5. The molecule has 100 valence electrons. The molecule has 0 saturated carbocycles. The number of nitrogens with zero attached hydrogens (tertiary/aromatic N) is 2. The Morgan fingerprint density at radius 3 is 2.78 bits per heavy atom. The maximum Gasteiger partial charge on any atom is 0.252 e. The van der Waals surface area contributed by atoms with Crippen molar-refractivity contribution in [2.45, 2.75) is 17.6 Å². The number of rotatable bonds is 2. The first-order chi connectivity index (χ1) is 8.45. The molecule has 0 radical (unpaired) electrons. The summed E-state index contributed by atoms with van der Waals surface area (Å²) in [6.45, 7) is 2.58. The average Bonchev–Trinajstić information content (AvgIpc) is 2.76. The largest absolute Gasteiger partial charge is 0.411 e. The first-order valence-corrected chi connectivity index (χ1v) is 8.46. The van der Waals surface area contributed by atoms with Gasteiger partial charge in [-0.25, -0.2) is 8.42 Å². The van der Waals surface area contributed by atoms with Gasteiger partial charge in [-0.15, -0.1) is 11.3 Å². The van der Waals surface area contributed by atoms with Crippen LogP contribution in [-0.4, -0.2) is 36.7 Å². The van der Waals surface area contributed by atoms with Gasteiger partial charge < -0.3 is 5.21 Å². The van der Waals surface area contributed by atoms with Gasteiger partial charge in [-0.1, -0.05) is 12.1 Å². The van der Waals surface area contributed by atoms with Gasteiger partial charge >= 0.3 is 0 Å². The van der Waals surface area contributed by atoms with Crippen molar-refractivity contribution >= 4 is 43.0 Å². The molecule has 0 bridgehead atoms. The van der Waals surface area contributed by atoms with E-state index in [0.717, 1.165) is 3.79 Å². The molecule has 1 aliphatic heterocycles. The van der Waals surface area contributed by atoms with Crippen LogP contribution in [0.1, 0.15) is 13.3 Å². The fraction of sp³-hybridized carbons (Fsp3) is 0.500. The van der Waals surface area contributed by atoms with Gasteiger partial charge in [0.1, 0.15) is 4.21 Å². The van der Waals surface area contributed by atoms with Gasteiger partial charge in [-0.2, -0.15) is 4.31 Å². The molecule has 1 aromatic heterocycles. The highest BCUT2D eigenvalue weighted by Crippen LogP contribution is 2.30. The van der Waals surface area contributed by atoms with Crippen LogP contribution in [0.25, 0.3) is 0 Å². The lowest BCUT2D eigenvalue weighted by atomic mass is 10.00. The molecule has 0 spiro atoms. The Kier molecular flexibility index (Phi) is 4.10. The topological polar surface area (TPSA) is 70.0 Å². The second-order valence-corrected chi connectivity index (χ2v) is 8.79. The van der Waals surface area contributed by atoms with Crippen LogP contribution < -0.4 is 0 Å². The van der Waals surface area contributed by atoms with Crippen molar-refractivity contribution in [3.8, 4) is 0 Å². The highest BCUT2D eigenvalue weighted by molar-refractivity contribution is 9.11. The molecule has 1 unspecified atom stereocenters. The van der Waals surface area contributed by atoms with E-state index in [2.05, 4.69) is 21.1 Å². The third-order valence-corrected chi connectivity index (χ3v) is 6.89. The Morgan fingerprint density at radius 1 is 1.56 bits per heavy atom. The van der Waals surface area contributed by atoms with Crippen LogP contribution in [0.2, 0.25) is 0 Å². The Labute approximate surface area is 118 Å². The van der Waals surface area contributed by atoms with Crippen molar-refractivity contribution in [3.63, 3.8) is 0 Å². The highest BCUT2D eigenvalue weighted by Gasteiger charge is 2.32. The normalized spacial score (nSPS) is 24.6. The van der Waals surface area contributed by atoms with E-state index >= 15 is 0 Å². The fourth-order valence-corrected chi connectivity index (χ4v) is 5.61. The van der Waals surface area contributed by atoms with E-state index in [1.807, 2.05) is 6.92 Å². The maximum atomic E-state index is 12.4. The second kappa shape index (κ2) is 5.28. The molecule has 5 nitrogen and oxygen atoms in total. The van der Waals surface area contributed by atoms with Crippen molar-refractivity contribution in [1.29, 1.82) is 0 Å². The Bertz CT molecular complexity index is 567. The molecule has 8 heteroatoms. The summed E-state index contributed by atoms with van der Waals surface area (Å²) in [4.78, 5) is 0. The molecule has 1 N–H and O–H groups in total. The van der Waals surface area contributed by atoms with Crippen molar-refractivity contribution in [3.05, 3.63) is 15.9 Å². The summed E-state index contributed by atoms with van der Waals surface area (Å²) in [5, 5.41) is 12.0. The lowest BCUT2D eigenvalue weighted by Crippen LogP contribution is -2.42. The summed E-state index contributed by atoms with van der Waals surface area (Å²) in [6, 6.07) is 3.33. The number of hydrogen-bond donors (Lipinski definition) is 1. The Balaban J connectivity index is 2.23. The standard InChI is InChI=1S/C10H13BrN2O3S2/c1-7-6-13(5-4-8(7)12-14)18(15,16)10-3-2-9(11)17-10/h2-3,7,14H,4-6H2,1H3/b12-8+. The molecule has 18 heavy (non-hydrogen) atoms. The molecular formula is C10H13BrN2O3S2. The summed E-state index contributed by atoms with van der Waals surface area (Å²) in [5.41, 5.74) is 0.661. The molecule has 1 fully saturated rings. The number of thiophene rings is 1. The first kappa shape index (κ1) is 14.0. The highest BCUT2D eigenvalue weighted by atomic mass is 79.9. The molecule has 0 aliphatic carbocycles. The van der Waals surface area contributed by atoms with E-state index in [4.69, 9.17) is 5.21 Å². The molecule has 1 atom stereocenters. The third kappa shape index (κ3) is 2.61. The maximum absolute atomic E-state index is 12.4. The number of halogens is 1. The predicted octanol–water partition coefficient (Wildman–Crippen LogP) is 2.37. The van der Waals surface area contributed by atoms with Crippen molar-refractivity contribution in [2.75, 3.05) is 13.1 Å². The third-order valence-electron chi connectivity index (χ3n) is 2.93. The van der Waals surface area contributed by atoms with Crippen LogP contribution in [0, 0.1) is 5.92 Å². The van der Waals surface area contributed by atoms with E-state index in [1.54, 1.807) is 12.1 Å². The van der Waals surface area contributed by atoms with Gasteiger partial charge in [0.25, 0.3) is 10.0 Å². The quantitative estimate of drug-likeness (QED) is 0.656. The predicted molar refractivity (Wildman–Crippen MR) is 73.8 cm³/mol. The molecule has 2 heterocycles. The van der Waals surface area contributed by atoms with Crippen LogP contribution in [-0.2, 0) is 10.0 Å². The number of piperidine rings is 1. The SMILES string of the molecule is CC1CN(S(=O)(=O)c2ccc(Br)s2)CC/C1=N\O. The van der Waals surface area contributed by atoms with Crippen LogP contribution in [0.3, 0.4) is 0 Å². The minimum absolute atomic E-state index is 0.0538. The molecule has 0 aromatic carbocycles. The first-order valence-electron chi connectivity index (χ1n) is 5.41. The zero-order chi connectivity index (χ0) is 13.3. The summed E-state index contributed by atoms with van der Waals surface area (Å²) < 4.78 is 27.3. The molecule has 1 aromatic rings.